The molecule has 0 aliphatic rings. The molecule has 0 saturated carbocycles. The summed E-state index contributed by atoms with van der Waals surface area (Å²) >= 11 is 3.38. The van der Waals surface area contributed by atoms with E-state index < -0.39 is 6.10 Å². The number of nitrogens with one attached hydrogen (secondary N) is 2. The number of fused-ring (bicyclic) bond motifs is 1. The van der Waals surface area contributed by atoms with E-state index in [0.717, 1.165) is 21.1 Å². The Morgan fingerprint density at radius 1 is 1.00 bits per heavy atom. The average Bonchev–Trinajstić information content (AvgIpc) is 2.76. The van der Waals surface area contributed by atoms with Gasteiger partial charge in [-0.3, -0.25) is 0 Å². The maximum absolute atomic E-state index is 11.2. The first-order valence-electron chi connectivity index (χ1n) is 5.79. The maximum Gasteiger partial charge on any atom is 0.323 e. The fourth-order valence-corrected chi connectivity index (χ4v) is 2.51. The number of aliphatic hydroxyl groups is 1. The molecular weight excluding hydrogens is 308 g/mol. The van der Waals surface area contributed by atoms with Crippen LogP contribution in [-0.4, -0.2) is 15.1 Å². The lowest BCUT2D eigenvalue weighted by Gasteiger charge is -2.11. The standard InChI is InChI=1S/C14H11BrN2O2/c15-10-3-1-2-8(6-10)13(18)9-4-5-11-12(7-9)17-14(19)16-11/h1-7,13,18H,(H2,16,17,19). The molecule has 4 nitrogen and oxygen atoms in total. The normalized spacial score (nSPS) is 12.7. The van der Waals surface area contributed by atoms with E-state index in [0.29, 0.717) is 5.52 Å². The molecule has 0 radical (unpaired) electrons. The molecule has 0 spiro atoms. The Morgan fingerprint density at radius 2 is 1.74 bits per heavy atom. The summed E-state index contributed by atoms with van der Waals surface area (Å²) in [5.74, 6) is 0. The zero-order valence-electron chi connectivity index (χ0n) is 9.85. The fourth-order valence-electron chi connectivity index (χ4n) is 2.09. The molecule has 3 rings (SSSR count). The maximum atomic E-state index is 11.2. The summed E-state index contributed by atoms with van der Waals surface area (Å²) in [6, 6.07) is 12.9. The molecule has 0 aliphatic carbocycles. The SMILES string of the molecule is O=c1[nH]c2ccc(C(O)c3cccc(Br)c3)cc2[nH]1. The van der Waals surface area contributed by atoms with E-state index in [2.05, 4.69) is 25.9 Å². The largest absolute Gasteiger partial charge is 0.384 e. The quantitative estimate of drug-likeness (QED) is 0.680. The molecule has 2 aromatic carbocycles. The average molecular weight is 319 g/mol. The minimum atomic E-state index is -0.722. The molecule has 0 aliphatic heterocycles. The van der Waals surface area contributed by atoms with Crippen LogP contribution in [0.25, 0.3) is 11.0 Å². The molecule has 3 N–H and O–H groups in total. The molecule has 0 saturated heterocycles. The van der Waals surface area contributed by atoms with Crippen molar-refractivity contribution < 1.29 is 5.11 Å². The van der Waals surface area contributed by atoms with Gasteiger partial charge in [-0.15, -0.1) is 0 Å². The van der Waals surface area contributed by atoms with Crippen LogP contribution >= 0.6 is 15.9 Å². The molecule has 1 atom stereocenters. The lowest BCUT2D eigenvalue weighted by atomic mass is 10.0. The lowest BCUT2D eigenvalue weighted by Crippen LogP contribution is -2.00. The number of imidazole rings is 1. The zero-order valence-corrected chi connectivity index (χ0v) is 11.4. The van der Waals surface area contributed by atoms with Gasteiger partial charge in [-0.2, -0.15) is 0 Å². The van der Waals surface area contributed by atoms with Crippen LogP contribution in [0.4, 0.5) is 0 Å². The van der Waals surface area contributed by atoms with Crippen molar-refractivity contribution in [3.63, 3.8) is 0 Å². The molecule has 0 amide bonds. The molecule has 1 heterocycles. The highest BCUT2D eigenvalue weighted by Crippen LogP contribution is 2.25. The Morgan fingerprint density at radius 3 is 2.53 bits per heavy atom. The second-order valence-corrected chi connectivity index (χ2v) is 5.26. The highest BCUT2D eigenvalue weighted by atomic mass is 79.9. The molecule has 5 heteroatoms. The van der Waals surface area contributed by atoms with Crippen LogP contribution in [0.5, 0.6) is 0 Å². The van der Waals surface area contributed by atoms with Crippen molar-refractivity contribution in [2.24, 2.45) is 0 Å². The van der Waals surface area contributed by atoms with Crippen LogP contribution in [0.15, 0.2) is 51.7 Å². The van der Waals surface area contributed by atoms with Crippen LogP contribution < -0.4 is 5.69 Å². The number of aromatic nitrogens is 2. The van der Waals surface area contributed by atoms with E-state index in [4.69, 9.17) is 0 Å². The predicted octanol–water partition coefficient (Wildman–Crippen LogP) is 2.70. The van der Waals surface area contributed by atoms with Gasteiger partial charge in [0.05, 0.1) is 11.0 Å². The first kappa shape index (κ1) is 12.2. The Hall–Kier alpha value is -1.85. The second-order valence-electron chi connectivity index (χ2n) is 4.34. The van der Waals surface area contributed by atoms with Crippen molar-refractivity contribution in [3.8, 4) is 0 Å². The molecule has 1 unspecified atom stereocenters. The van der Waals surface area contributed by atoms with E-state index in [1.165, 1.54) is 0 Å². The fraction of sp³-hybridized carbons (Fsp3) is 0.0714. The van der Waals surface area contributed by atoms with Gasteiger partial charge in [0.2, 0.25) is 0 Å². The summed E-state index contributed by atoms with van der Waals surface area (Å²) in [5, 5.41) is 10.4. The predicted molar refractivity (Wildman–Crippen MR) is 77.1 cm³/mol. The highest BCUT2D eigenvalue weighted by Gasteiger charge is 2.11. The minimum absolute atomic E-state index is 0.246. The van der Waals surface area contributed by atoms with E-state index >= 15 is 0 Å². The van der Waals surface area contributed by atoms with E-state index in [1.54, 1.807) is 18.2 Å². The number of hydrogen-bond acceptors (Lipinski definition) is 2. The van der Waals surface area contributed by atoms with Gasteiger partial charge in [0.1, 0.15) is 6.10 Å². The highest BCUT2D eigenvalue weighted by molar-refractivity contribution is 9.10. The Balaban J connectivity index is 2.05. The third-order valence-corrected chi connectivity index (χ3v) is 3.51. The number of halogens is 1. The monoisotopic (exact) mass is 318 g/mol. The summed E-state index contributed by atoms with van der Waals surface area (Å²) in [4.78, 5) is 16.6. The van der Waals surface area contributed by atoms with Crippen molar-refractivity contribution in [3.05, 3.63) is 68.5 Å². The van der Waals surface area contributed by atoms with Gasteiger partial charge in [0, 0.05) is 4.47 Å². The van der Waals surface area contributed by atoms with Crippen molar-refractivity contribution in [1.82, 2.24) is 9.97 Å². The summed E-state index contributed by atoms with van der Waals surface area (Å²) in [7, 11) is 0. The van der Waals surface area contributed by atoms with Crippen molar-refractivity contribution in [2.45, 2.75) is 6.10 Å². The summed E-state index contributed by atoms with van der Waals surface area (Å²) in [6.07, 6.45) is -0.722. The zero-order chi connectivity index (χ0) is 13.4. The van der Waals surface area contributed by atoms with Gasteiger partial charge in [-0.05, 0) is 35.4 Å². The number of hydrogen-bond donors (Lipinski definition) is 3. The summed E-state index contributed by atoms with van der Waals surface area (Å²) < 4.78 is 0.917. The van der Waals surface area contributed by atoms with Crippen LogP contribution in [0, 0.1) is 0 Å². The Bertz CT molecular complexity index is 791. The molecule has 96 valence electrons. The number of rotatable bonds is 2. The van der Waals surface area contributed by atoms with Gasteiger partial charge in [0.25, 0.3) is 0 Å². The number of H-pyrrole nitrogens is 2. The van der Waals surface area contributed by atoms with Crippen LogP contribution in [0.3, 0.4) is 0 Å². The molecule has 0 bridgehead atoms. The van der Waals surface area contributed by atoms with Crippen LogP contribution in [0.1, 0.15) is 17.2 Å². The second kappa shape index (κ2) is 4.68. The number of aliphatic hydroxyl groups excluding tert-OH is 1. The summed E-state index contributed by atoms with van der Waals surface area (Å²) in [5.41, 5.74) is 2.71. The minimum Gasteiger partial charge on any atom is -0.384 e. The number of aromatic amines is 2. The van der Waals surface area contributed by atoms with E-state index in [9.17, 15) is 9.90 Å². The molecule has 3 aromatic rings. The van der Waals surface area contributed by atoms with Gasteiger partial charge in [-0.25, -0.2) is 4.79 Å². The Labute approximate surface area is 117 Å². The first-order valence-corrected chi connectivity index (χ1v) is 6.58. The van der Waals surface area contributed by atoms with Gasteiger partial charge in [-0.1, -0.05) is 34.1 Å². The lowest BCUT2D eigenvalue weighted by molar-refractivity contribution is 0.220. The van der Waals surface area contributed by atoms with Crippen LogP contribution in [0.2, 0.25) is 0 Å². The van der Waals surface area contributed by atoms with Gasteiger partial charge < -0.3 is 15.1 Å². The van der Waals surface area contributed by atoms with Crippen molar-refractivity contribution >= 4 is 27.0 Å². The topological polar surface area (TPSA) is 68.9 Å². The number of benzene rings is 2. The van der Waals surface area contributed by atoms with E-state index in [-0.39, 0.29) is 5.69 Å². The summed E-state index contributed by atoms with van der Waals surface area (Å²) in [6.45, 7) is 0. The third kappa shape index (κ3) is 2.34. The molecular formula is C14H11BrN2O2. The molecule has 1 aromatic heterocycles. The van der Waals surface area contributed by atoms with Gasteiger partial charge >= 0.3 is 5.69 Å². The molecule has 19 heavy (non-hydrogen) atoms. The first-order chi connectivity index (χ1) is 9.13. The van der Waals surface area contributed by atoms with Crippen LogP contribution in [-0.2, 0) is 0 Å². The molecule has 0 fully saturated rings. The van der Waals surface area contributed by atoms with E-state index in [1.807, 2.05) is 24.3 Å². The van der Waals surface area contributed by atoms with Gasteiger partial charge in [0.15, 0.2) is 0 Å². The van der Waals surface area contributed by atoms with Crippen molar-refractivity contribution in [1.29, 1.82) is 0 Å². The third-order valence-electron chi connectivity index (χ3n) is 3.02. The Kier molecular flexibility index (Phi) is 3.00. The van der Waals surface area contributed by atoms with Crippen molar-refractivity contribution in [2.75, 3.05) is 0 Å². The smallest absolute Gasteiger partial charge is 0.323 e.